The third-order valence-corrected chi connectivity index (χ3v) is 16.5. The minimum atomic E-state index is -2.45. The van der Waals surface area contributed by atoms with Crippen LogP contribution in [-0.2, 0) is 66.7 Å². The zero-order valence-corrected chi connectivity index (χ0v) is 46.6. The molecular weight excluding hydrogens is 963 g/mol. The second-order valence-electron chi connectivity index (χ2n) is 22.4. The van der Waals surface area contributed by atoms with E-state index in [1.54, 1.807) is 41.1 Å². The van der Waals surface area contributed by atoms with Crippen LogP contribution in [0.15, 0.2) is 47.6 Å². The van der Waals surface area contributed by atoms with Crippen molar-refractivity contribution in [3.8, 4) is 0 Å². The lowest BCUT2D eigenvalue weighted by Crippen LogP contribution is -2.61. The van der Waals surface area contributed by atoms with E-state index in [-0.39, 0.29) is 73.6 Å². The second kappa shape index (κ2) is 29.4. The Labute approximate surface area is 446 Å². The lowest BCUT2D eigenvalue weighted by Gasteiger charge is -2.42. The molecule has 3 fully saturated rings. The van der Waals surface area contributed by atoms with E-state index in [1.807, 2.05) is 58.1 Å². The molecule has 5 aliphatic heterocycles. The van der Waals surface area contributed by atoms with Crippen molar-refractivity contribution in [3.05, 3.63) is 47.6 Å². The maximum Gasteiger partial charge on any atom is 0.329 e. The number of rotatable bonds is 3. The van der Waals surface area contributed by atoms with E-state index in [9.17, 15) is 38.7 Å². The summed E-state index contributed by atoms with van der Waals surface area (Å²) in [4.78, 5) is 100. The van der Waals surface area contributed by atoms with Gasteiger partial charge < -0.3 is 43.2 Å². The van der Waals surface area contributed by atoms with Crippen molar-refractivity contribution in [1.29, 1.82) is 0 Å². The maximum atomic E-state index is 14.6. The number of ether oxygens (including phenoxy) is 7. The Balaban J connectivity index is 1.56. The van der Waals surface area contributed by atoms with Gasteiger partial charge in [-0.25, -0.2) is 4.79 Å². The van der Waals surface area contributed by atoms with E-state index in [1.165, 1.54) is 12.0 Å². The molecule has 0 radical (unpaired) electrons. The topological polar surface area (TPSA) is 208 Å². The molecule has 6 bridgehead atoms. The molecule has 2 saturated heterocycles. The van der Waals surface area contributed by atoms with Gasteiger partial charge in [-0.2, -0.15) is 0 Å². The molecule has 75 heavy (non-hydrogen) atoms. The zero-order valence-electron chi connectivity index (χ0n) is 46.6. The van der Waals surface area contributed by atoms with Crippen molar-refractivity contribution >= 4 is 41.2 Å². The number of fused-ring (bicyclic) bond motifs is 15. The standard InChI is InChI=1S/C59H89NO15/c1-36-20-14-13-15-21-37(2)48(69-8)34-44-27-25-42(7)59(68,75-44)56(65)57(66)60-29-19-18-22-45(60)58(67)73-49-35-46(61)38(3)31-41(6)54(55(71-10)53(64)40(5)30-36)74-52(63)24-17-12-11-16-23-51(62)72-47-28-26-43(32-39(49)4)33-50(47)70-9/h13-15,20-21,31,36,38-40,42-45,47-50,54-55,68H,11-12,16-19,22-30,32-35H2,1-10H3/b15-13-,20-14?,37-21?,41-31+. The molecule has 0 aromatic carbocycles. The van der Waals surface area contributed by atoms with Gasteiger partial charge in [-0.1, -0.05) is 83.9 Å². The highest BCUT2D eigenvalue weighted by Gasteiger charge is 2.53. The first kappa shape index (κ1) is 61.5. The molecule has 1 saturated carbocycles. The molecule has 6 rings (SSSR count). The summed E-state index contributed by atoms with van der Waals surface area (Å²) in [6.45, 7) is 12.8. The summed E-state index contributed by atoms with van der Waals surface area (Å²) >= 11 is 0. The minimum Gasteiger partial charge on any atom is -0.460 e. The summed E-state index contributed by atoms with van der Waals surface area (Å²) in [5.41, 5.74) is 1.32. The van der Waals surface area contributed by atoms with Crippen molar-refractivity contribution in [2.24, 2.45) is 35.5 Å². The molecule has 1 amide bonds. The normalized spacial score (nSPS) is 38.1. The van der Waals surface area contributed by atoms with Gasteiger partial charge in [-0.15, -0.1) is 0 Å². The molecule has 1 N–H and O–H groups in total. The quantitative estimate of drug-likeness (QED) is 0.121. The Morgan fingerprint density at radius 1 is 0.680 bits per heavy atom. The fourth-order valence-electron chi connectivity index (χ4n) is 11.7. The fraction of sp³-hybridized carbons (Fsp3) is 0.746. The van der Waals surface area contributed by atoms with Gasteiger partial charge in [-0.3, -0.25) is 28.8 Å². The van der Waals surface area contributed by atoms with Crippen molar-refractivity contribution in [2.45, 2.75) is 219 Å². The van der Waals surface area contributed by atoms with Crippen LogP contribution in [0.4, 0.5) is 0 Å². The van der Waals surface area contributed by atoms with E-state index in [0.717, 1.165) is 5.57 Å². The van der Waals surface area contributed by atoms with E-state index >= 15 is 0 Å². The molecule has 15 atom stereocenters. The molecule has 15 unspecified atom stereocenters. The predicted octanol–water partition coefficient (Wildman–Crippen LogP) is 8.64. The van der Waals surface area contributed by atoms with Gasteiger partial charge >= 0.3 is 17.9 Å². The highest BCUT2D eigenvalue weighted by Crippen LogP contribution is 2.38. The largest absolute Gasteiger partial charge is 0.460 e. The van der Waals surface area contributed by atoms with Gasteiger partial charge in [0.1, 0.15) is 24.0 Å². The smallest absolute Gasteiger partial charge is 0.329 e. The molecule has 16 heteroatoms. The molecule has 0 aromatic rings. The van der Waals surface area contributed by atoms with Crippen LogP contribution < -0.4 is 0 Å². The van der Waals surface area contributed by atoms with Gasteiger partial charge in [0.25, 0.3) is 11.7 Å². The minimum absolute atomic E-state index is 0.0321. The number of Topliss-reactive ketones (excluding diaryl/α,β-unsaturated/α-hetero) is 3. The molecular formula is C59H89NO15. The molecule has 0 aromatic heterocycles. The lowest BCUT2D eigenvalue weighted by molar-refractivity contribution is -0.265. The fourth-order valence-corrected chi connectivity index (χ4v) is 11.7. The molecule has 5 heterocycles. The SMILES string of the molecule is COC1CC2CCC(C)C(O)(O2)C(=O)C(=O)N2CCCCC2C(=O)OC2CC(=O)C(C)/C=C(\C)C(OC(=O)CCCCCCC(=O)OC3CCC(CC2C)CC3OC)C(OC)C(=O)C(C)CC(C)C=C/C=C\C=C1C. The Bertz CT molecular complexity index is 2100. The van der Waals surface area contributed by atoms with Gasteiger partial charge in [-0.05, 0) is 120 Å². The number of carbonyl (C=O) groups is 7. The second-order valence-corrected chi connectivity index (χ2v) is 22.4. The van der Waals surface area contributed by atoms with Crippen LogP contribution in [0.5, 0.6) is 0 Å². The van der Waals surface area contributed by atoms with E-state index in [2.05, 4.69) is 0 Å². The zero-order chi connectivity index (χ0) is 55.0. The molecule has 6 aliphatic rings. The predicted molar refractivity (Wildman–Crippen MR) is 281 cm³/mol. The number of methoxy groups -OCH3 is 3. The van der Waals surface area contributed by atoms with Gasteiger partial charge in [0.05, 0.1) is 18.3 Å². The highest BCUT2D eigenvalue weighted by molar-refractivity contribution is 6.39. The summed E-state index contributed by atoms with van der Waals surface area (Å²) < 4.78 is 42.3. The number of hydrogen-bond acceptors (Lipinski definition) is 15. The van der Waals surface area contributed by atoms with Crippen molar-refractivity contribution in [1.82, 2.24) is 4.90 Å². The Kier molecular flexibility index (Phi) is 24.1. The van der Waals surface area contributed by atoms with E-state index in [0.29, 0.717) is 95.5 Å². The summed E-state index contributed by atoms with van der Waals surface area (Å²) in [7, 11) is 4.58. The number of allylic oxidation sites excluding steroid dienone is 6. The average molecular weight is 1050 g/mol. The van der Waals surface area contributed by atoms with Gasteiger partial charge in [0.2, 0.25) is 5.79 Å². The maximum absolute atomic E-state index is 14.6. The third-order valence-electron chi connectivity index (χ3n) is 16.5. The molecule has 16 nitrogen and oxygen atoms in total. The summed E-state index contributed by atoms with van der Waals surface area (Å²) in [6.07, 6.45) is 13.9. The third kappa shape index (κ3) is 17.1. The van der Waals surface area contributed by atoms with Crippen LogP contribution in [0.25, 0.3) is 0 Å². The number of piperidine rings is 1. The Morgan fingerprint density at radius 3 is 2.07 bits per heavy atom. The van der Waals surface area contributed by atoms with Gasteiger partial charge in [0, 0.05) is 71.3 Å². The summed E-state index contributed by atoms with van der Waals surface area (Å²) in [5.74, 6) is -9.18. The first-order valence-corrected chi connectivity index (χ1v) is 27.9. The van der Waals surface area contributed by atoms with Crippen LogP contribution in [0.1, 0.15) is 164 Å². The monoisotopic (exact) mass is 1050 g/mol. The van der Waals surface area contributed by atoms with Crippen LogP contribution in [0.3, 0.4) is 0 Å². The molecule has 1 aliphatic carbocycles. The van der Waals surface area contributed by atoms with Crippen molar-refractivity contribution in [2.75, 3.05) is 27.9 Å². The number of esters is 3. The number of nitrogens with zero attached hydrogens (tertiary/aromatic N) is 1. The van der Waals surface area contributed by atoms with Crippen molar-refractivity contribution < 1.29 is 71.8 Å². The van der Waals surface area contributed by atoms with E-state index < -0.39 is 89.8 Å². The highest BCUT2D eigenvalue weighted by atomic mass is 16.6. The molecule has 0 spiro atoms. The van der Waals surface area contributed by atoms with Crippen LogP contribution in [0, 0.1) is 35.5 Å². The molecule has 420 valence electrons. The van der Waals surface area contributed by atoms with Crippen LogP contribution in [-0.4, -0.2) is 134 Å². The lowest BCUT2D eigenvalue weighted by atomic mass is 9.78. The number of ketones is 3. The van der Waals surface area contributed by atoms with E-state index in [4.69, 9.17) is 33.2 Å². The number of aliphatic hydroxyl groups is 1. The summed E-state index contributed by atoms with van der Waals surface area (Å²) in [5, 5.41) is 12.1. The van der Waals surface area contributed by atoms with Gasteiger partial charge in [0.15, 0.2) is 18.0 Å². The van der Waals surface area contributed by atoms with Crippen LogP contribution in [0.2, 0.25) is 0 Å². The average Bonchev–Trinajstić information content (AvgIpc) is 3.38. The van der Waals surface area contributed by atoms with Crippen LogP contribution >= 0.6 is 0 Å². The van der Waals surface area contributed by atoms with Crippen molar-refractivity contribution in [3.63, 3.8) is 0 Å². The first-order valence-electron chi connectivity index (χ1n) is 27.9. The Hall–Kier alpha value is -4.35. The first-order chi connectivity index (χ1) is 35.7. The number of amides is 1. The number of carbonyl (C=O) groups excluding carboxylic acids is 7. The Morgan fingerprint density at radius 2 is 1.39 bits per heavy atom. The number of hydrogen-bond donors (Lipinski definition) is 1. The summed E-state index contributed by atoms with van der Waals surface area (Å²) in [6, 6.07) is -1.18.